The Morgan fingerprint density at radius 3 is 2.58 bits per heavy atom. The van der Waals surface area contributed by atoms with E-state index in [1.54, 1.807) is 7.11 Å². The van der Waals surface area contributed by atoms with Crippen molar-refractivity contribution in [1.82, 2.24) is 10.6 Å². The van der Waals surface area contributed by atoms with Crippen molar-refractivity contribution in [2.24, 2.45) is 0 Å². The number of hydrogen-bond donors (Lipinski definition) is 2. The van der Waals surface area contributed by atoms with Gasteiger partial charge in [-0.05, 0) is 6.42 Å². The predicted octanol–water partition coefficient (Wildman–Crippen LogP) is 0.428. The van der Waals surface area contributed by atoms with E-state index in [9.17, 15) is 0 Å². The van der Waals surface area contributed by atoms with E-state index >= 15 is 0 Å². The molecule has 1 aliphatic rings. The highest BCUT2D eigenvalue weighted by atomic mass is 35.5. The summed E-state index contributed by atoms with van der Waals surface area (Å²) < 4.78 is 4.98. The smallest absolute Gasteiger partial charge is 0.0477 e. The number of rotatable bonds is 3. The summed E-state index contributed by atoms with van der Waals surface area (Å²) in [6.45, 7) is 4.14. The zero-order valence-corrected chi connectivity index (χ0v) is 8.97. The first-order valence-corrected chi connectivity index (χ1v) is 3.86. The van der Waals surface area contributed by atoms with Crippen LogP contribution in [0.3, 0.4) is 0 Å². The van der Waals surface area contributed by atoms with Gasteiger partial charge in [-0.25, -0.2) is 0 Å². The molecule has 0 saturated carbocycles. The summed E-state index contributed by atoms with van der Waals surface area (Å²) in [7, 11) is 1.75. The number of piperazine rings is 1. The molecule has 0 amide bonds. The van der Waals surface area contributed by atoms with Crippen molar-refractivity contribution in [2.75, 3.05) is 33.4 Å². The van der Waals surface area contributed by atoms with Crippen LogP contribution in [0.1, 0.15) is 6.42 Å². The second-order valence-corrected chi connectivity index (χ2v) is 2.64. The quantitative estimate of drug-likeness (QED) is 0.719. The van der Waals surface area contributed by atoms with Crippen molar-refractivity contribution < 1.29 is 4.74 Å². The van der Waals surface area contributed by atoms with Crippen LogP contribution < -0.4 is 10.6 Å². The highest BCUT2D eigenvalue weighted by Crippen LogP contribution is 1.93. The molecule has 1 fully saturated rings. The average Bonchev–Trinajstić information content (AvgIpc) is 2.03. The molecule has 0 radical (unpaired) electrons. The van der Waals surface area contributed by atoms with E-state index in [1.807, 2.05) is 0 Å². The van der Waals surface area contributed by atoms with Gasteiger partial charge in [-0.2, -0.15) is 0 Å². The van der Waals surface area contributed by atoms with Gasteiger partial charge in [-0.15, -0.1) is 24.8 Å². The van der Waals surface area contributed by atoms with Crippen LogP contribution in [0.2, 0.25) is 0 Å². The number of hydrogen-bond acceptors (Lipinski definition) is 3. The standard InChI is InChI=1S/C7H16N2O.2ClH/c1-10-5-2-7-6-8-3-4-9-7;;/h7-9H,2-6H2,1H3;2*1H/t7-;;/m1../s1. The monoisotopic (exact) mass is 216 g/mol. The Morgan fingerprint density at radius 1 is 1.33 bits per heavy atom. The largest absolute Gasteiger partial charge is 0.385 e. The van der Waals surface area contributed by atoms with Gasteiger partial charge in [-0.3, -0.25) is 0 Å². The van der Waals surface area contributed by atoms with Crippen LogP contribution in [0, 0.1) is 0 Å². The van der Waals surface area contributed by atoms with Crippen LogP contribution in [-0.2, 0) is 4.74 Å². The lowest BCUT2D eigenvalue weighted by atomic mass is 10.2. The van der Waals surface area contributed by atoms with Crippen molar-refractivity contribution in [3.63, 3.8) is 0 Å². The molecular formula is C7H18Cl2N2O. The molecule has 2 N–H and O–H groups in total. The maximum Gasteiger partial charge on any atom is 0.0477 e. The second kappa shape index (κ2) is 9.55. The summed E-state index contributed by atoms with van der Waals surface area (Å²) in [6, 6.07) is 0.619. The molecule has 0 aliphatic carbocycles. The molecule has 76 valence electrons. The summed E-state index contributed by atoms with van der Waals surface area (Å²) in [6.07, 6.45) is 1.11. The first-order valence-electron chi connectivity index (χ1n) is 3.86. The number of halogens is 2. The van der Waals surface area contributed by atoms with Crippen molar-refractivity contribution in [3.8, 4) is 0 Å². The average molecular weight is 217 g/mol. The highest BCUT2D eigenvalue weighted by molar-refractivity contribution is 5.85. The Morgan fingerprint density at radius 2 is 2.08 bits per heavy atom. The van der Waals surface area contributed by atoms with Crippen LogP contribution in [0.5, 0.6) is 0 Å². The van der Waals surface area contributed by atoms with E-state index in [0.29, 0.717) is 6.04 Å². The number of nitrogens with one attached hydrogen (secondary N) is 2. The topological polar surface area (TPSA) is 33.3 Å². The first-order chi connectivity index (χ1) is 4.93. The lowest BCUT2D eigenvalue weighted by Gasteiger charge is -2.23. The van der Waals surface area contributed by atoms with Gasteiger partial charge in [-0.1, -0.05) is 0 Å². The summed E-state index contributed by atoms with van der Waals surface area (Å²) in [5.41, 5.74) is 0. The lowest BCUT2D eigenvalue weighted by molar-refractivity contribution is 0.179. The van der Waals surface area contributed by atoms with Gasteiger partial charge < -0.3 is 15.4 Å². The third kappa shape index (κ3) is 6.03. The van der Waals surface area contributed by atoms with Gasteiger partial charge in [0.05, 0.1) is 0 Å². The fraction of sp³-hybridized carbons (Fsp3) is 1.00. The van der Waals surface area contributed by atoms with E-state index in [1.165, 1.54) is 0 Å². The molecule has 1 aliphatic heterocycles. The van der Waals surface area contributed by atoms with E-state index < -0.39 is 0 Å². The van der Waals surface area contributed by atoms with Crippen molar-refractivity contribution in [1.29, 1.82) is 0 Å². The summed E-state index contributed by atoms with van der Waals surface area (Å²) in [5.74, 6) is 0. The molecular weight excluding hydrogens is 199 g/mol. The first kappa shape index (κ1) is 15.0. The molecule has 1 rings (SSSR count). The van der Waals surface area contributed by atoms with E-state index in [2.05, 4.69) is 10.6 Å². The molecule has 0 bridgehead atoms. The normalized spacial score (nSPS) is 22.2. The fourth-order valence-electron chi connectivity index (χ4n) is 1.18. The molecule has 5 heteroatoms. The molecule has 0 spiro atoms. The second-order valence-electron chi connectivity index (χ2n) is 2.64. The van der Waals surface area contributed by atoms with Gasteiger partial charge in [0.2, 0.25) is 0 Å². The molecule has 0 aromatic carbocycles. The Hall–Kier alpha value is 0.460. The number of ether oxygens (including phenoxy) is 1. The zero-order chi connectivity index (χ0) is 7.23. The molecule has 3 nitrogen and oxygen atoms in total. The van der Waals surface area contributed by atoms with Crippen LogP contribution in [0.4, 0.5) is 0 Å². The van der Waals surface area contributed by atoms with Crippen LogP contribution in [-0.4, -0.2) is 39.4 Å². The van der Waals surface area contributed by atoms with E-state index in [4.69, 9.17) is 4.74 Å². The van der Waals surface area contributed by atoms with Crippen LogP contribution in [0.15, 0.2) is 0 Å². The molecule has 1 saturated heterocycles. The van der Waals surface area contributed by atoms with E-state index in [0.717, 1.165) is 32.7 Å². The summed E-state index contributed by atoms with van der Waals surface area (Å²) >= 11 is 0. The molecule has 1 heterocycles. The number of methoxy groups -OCH3 is 1. The highest BCUT2D eigenvalue weighted by Gasteiger charge is 2.10. The maximum absolute atomic E-state index is 4.98. The third-order valence-electron chi connectivity index (χ3n) is 1.80. The Kier molecular flexibility index (Phi) is 11.9. The minimum Gasteiger partial charge on any atom is -0.385 e. The molecule has 0 unspecified atom stereocenters. The van der Waals surface area contributed by atoms with Crippen LogP contribution >= 0.6 is 24.8 Å². The maximum atomic E-state index is 4.98. The minimum atomic E-state index is 0. The summed E-state index contributed by atoms with van der Waals surface area (Å²) in [4.78, 5) is 0. The van der Waals surface area contributed by atoms with Gasteiger partial charge >= 0.3 is 0 Å². The lowest BCUT2D eigenvalue weighted by Crippen LogP contribution is -2.48. The fourth-order valence-corrected chi connectivity index (χ4v) is 1.18. The zero-order valence-electron chi connectivity index (χ0n) is 7.34. The van der Waals surface area contributed by atoms with Crippen LogP contribution in [0.25, 0.3) is 0 Å². The SMILES string of the molecule is COCC[C@@H]1CNCCN1.Cl.Cl. The minimum absolute atomic E-state index is 0. The molecule has 12 heavy (non-hydrogen) atoms. The Balaban J connectivity index is 0. The predicted molar refractivity (Wildman–Crippen MR) is 55.6 cm³/mol. The molecule has 0 aromatic heterocycles. The van der Waals surface area contributed by atoms with Gasteiger partial charge in [0.1, 0.15) is 0 Å². The third-order valence-corrected chi connectivity index (χ3v) is 1.80. The van der Waals surface area contributed by atoms with Gasteiger partial charge in [0.15, 0.2) is 0 Å². The van der Waals surface area contributed by atoms with Gasteiger partial charge in [0.25, 0.3) is 0 Å². The Bertz CT molecular complexity index is 89.5. The Labute approximate surface area is 86.4 Å². The van der Waals surface area contributed by atoms with Crippen molar-refractivity contribution in [3.05, 3.63) is 0 Å². The van der Waals surface area contributed by atoms with Crippen molar-refractivity contribution in [2.45, 2.75) is 12.5 Å². The molecule has 0 aromatic rings. The summed E-state index contributed by atoms with van der Waals surface area (Å²) in [5, 5.41) is 6.74. The van der Waals surface area contributed by atoms with E-state index in [-0.39, 0.29) is 24.8 Å². The molecule has 1 atom stereocenters. The van der Waals surface area contributed by atoms with Gasteiger partial charge in [0, 0.05) is 39.4 Å². The van der Waals surface area contributed by atoms with Crippen molar-refractivity contribution >= 4 is 24.8 Å².